The molecule has 31 heavy (non-hydrogen) atoms. The van der Waals surface area contributed by atoms with Crippen molar-refractivity contribution in [1.82, 2.24) is 18.7 Å². The van der Waals surface area contributed by atoms with Crippen LogP contribution in [0.3, 0.4) is 0 Å². The summed E-state index contributed by atoms with van der Waals surface area (Å²) in [4.78, 5) is 29.9. The normalized spacial score (nSPS) is 11.8. The van der Waals surface area contributed by atoms with Crippen molar-refractivity contribution in [2.24, 2.45) is 19.2 Å². The summed E-state index contributed by atoms with van der Waals surface area (Å²) in [6.45, 7) is 2.23. The first kappa shape index (κ1) is 20.6. The van der Waals surface area contributed by atoms with Gasteiger partial charge < -0.3 is 0 Å². The Kier molecular flexibility index (Phi) is 5.48. The van der Waals surface area contributed by atoms with Crippen molar-refractivity contribution in [2.45, 2.75) is 13.5 Å². The molecule has 1 N–H and O–H groups in total. The minimum Gasteiger partial charge on any atom is -0.298 e. The maximum Gasteiger partial charge on any atom is 0.332 e. The number of benzene rings is 2. The number of nitrogens with zero attached hydrogens (tertiary/aromatic N) is 5. The first-order chi connectivity index (χ1) is 14.9. The average molecular weight is 437 g/mol. The second kappa shape index (κ2) is 8.23. The highest BCUT2D eigenvalue weighted by molar-refractivity contribution is 6.30. The summed E-state index contributed by atoms with van der Waals surface area (Å²) in [5, 5.41) is 5.07. The highest BCUT2D eigenvalue weighted by Gasteiger charge is 2.19. The van der Waals surface area contributed by atoms with E-state index >= 15 is 0 Å². The second-order valence-electron chi connectivity index (χ2n) is 7.20. The van der Waals surface area contributed by atoms with Gasteiger partial charge in [-0.2, -0.15) is 10.1 Å². The van der Waals surface area contributed by atoms with Gasteiger partial charge in [-0.15, -0.1) is 0 Å². The minimum absolute atomic E-state index is 0.289. The molecule has 0 aliphatic carbocycles. The number of rotatable bonds is 5. The number of hydrogen-bond acceptors (Lipinski definition) is 5. The molecule has 2 heterocycles. The molecule has 4 aromatic rings. The lowest BCUT2D eigenvalue weighted by atomic mass is 10.1. The zero-order valence-corrected chi connectivity index (χ0v) is 18.1. The van der Waals surface area contributed by atoms with E-state index in [9.17, 15) is 9.59 Å². The molecule has 0 fully saturated rings. The first-order valence-electron chi connectivity index (χ1n) is 9.63. The summed E-state index contributed by atoms with van der Waals surface area (Å²) in [6, 6.07) is 17.0. The number of halogens is 1. The van der Waals surface area contributed by atoms with Gasteiger partial charge in [0.1, 0.15) is 0 Å². The van der Waals surface area contributed by atoms with Crippen LogP contribution in [0.1, 0.15) is 18.1 Å². The van der Waals surface area contributed by atoms with Gasteiger partial charge in [0.2, 0.25) is 5.95 Å². The lowest BCUT2D eigenvalue weighted by molar-refractivity contribution is 0.702. The zero-order valence-electron chi connectivity index (χ0n) is 17.3. The van der Waals surface area contributed by atoms with Crippen LogP contribution in [0.5, 0.6) is 0 Å². The number of aryl methyl sites for hydroxylation is 1. The zero-order chi connectivity index (χ0) is 22.1. The largest absolute Gasteiger partial charge is 0.332 e. The lowest BCUT2D eigenvalue weighted by Gasteiger charge is -2.10. The van der Waals surface area contributed by atoms with Gasteiger partial charge in [0.15, 0.2) is 11.2 Å². The number of fused-ring (bicyclic) bond motifs is 1. The van der Waals surface area contributed by atoms with Crippen LogP contribution < -0.4 is 16.7 Å². The molecular formula is C22H21ClN6O2. The topological polar surface area (TPSA) is 86.2 Å². The number of nitrogens with one attached hydrogen (secondary N) is 1. The predicted molar refractivity (Wildman–Crippen MR) is 123 cm³/mol. The smallest absolute Gasteiger partial charge is 0.298 e. The molecule has 2 aromatic heterocycles. The fourth-order valence-corrected chi connectivity index (χ4v) is 3.46. The minimum atomic E-state index is -0.441. The summed E-state index contributed by atoms with van der Waals surface area (Å²) < 4.78 is 4.15. The van der Waals surface area contributed by atoms with Crippen molar-refractivity contribution in [3.8, 4) is 0 Å². The molecule has 0 aliphatic heterocycles. The molecule has 0 saturated heterocycles. The Labute approximate surface area is 183 Å². The Bertz CT molecular complexity index is 1400. The van der Waals surface area contributed by atoms with Crippen LogP contribution in [0.25, 0.3) is 11.2 Å². The quantitative estimate of drug-likeness (QED) is 0.385. The van der Waals surface area contributed by atoms with Gasteiger partial charge in [0.25, 0.3) is 5.56 Å². The summed E-state index contributed by atoms with van der Waals surface area (Å²) >= 11 is 6.01. The molecule has 9 heteroatoms. The maximum atomic E-state index is 12.9. The summed E-state index contributed by atoms with van der Waals surface area (Å²) in [7, 11) is 3.04. The van der Waals surface area contributed by atoms with Crippen molar-refractivity contribution in [1.29, 1.82) is 0 Å². The van der Waals surface area contributed by atoms with E-state index in [0.717, 1.165) is 21.4 Å². The number of imidazole rings is 1. The van der Waals surface area contributed by atoms with Crippen molar-refractivity contribution in [2.75, 3.05) is 5.43 Å². The third-order valence-corrected chi connectivity index (χ3v) is 5.37. The van der Waals surface area contributed by atoms with E-state index in [4.69, 9.17) is 11.6 Å². The lowest BCUT2D eigenvalue weighted by Crippen LogP contribution is -2.37. The fraction of sp³-hybridized carbons (Fsp3) is 0.182. The molecule has 2 aromatic carbocycles. The maximum absolute atomic E-state index is 12.9. The van der Waals surface area contributed by atoms with Crippen molar-refractivity contribution < 1.29 is 0 Å². The van der Waals surface area contributed by atoms with Crippen LogP contribution in [0.15, 0.2) is 69.3 Å². The molecule has 0 bridgehead atoms. The number of hydrazone groups is 1. The number of hydrogen-bond donors (Lipinski definition) is 1. The molecule has 0 saturated carbocycles. The van der Waals surface area contributed by atoms with E-state index in [0.29, 0.717) is 23.0 Å². The predicted octanol–water partition coefficient (Wildman–Crippen LogP) is 2.97. The van der Waals surface area contributed by atoms with Crippen LogP contribution in [0.4, 0.5) is 5.95 Å². The average Bonchev–Trinajstić information content (AvgIpc) is 3.15. The van der Waals surface area contributed by atoms with Gasteiger partial charge in [0, 0.05) is 19.1 Å². The van der Waals surface area contributed by atoms with Crippen molar-refractivity contribution in [3.05, 3.63) is 91.6 Å². The summed E-state index contributed by atoms with van der Waals surface area (Å²) in [5.41, 5.74) is 5.36. The molecule has 0 atom stereocenters. The Morgan fingerprint density at radius 3 is 2.39 bits per heavy atom. The monoisotopic (exact) mass is 436 g/mol. The first-order valence-corrected chi connectivity index (χ1v) is 10.0. The Hall–Kier alpha value is -3.65. The van der Waals surface area contributed by atoms with Crippen LogP contribution in [-0.2, 0) is 20.6 Å². The van der Waals surface area contributed by atoms with Gasteiger partial charge in [-0.1, -0.05) is 54.1 Å². The molecule has 0 amide bonds. The Morgan fingerprint density at radius 2 is 1.71 bits per heavy atom. The summed E-state index contributed by atoms with van der Waals surface area (Å²) in [6.07, 6.45) is 0. The van der Waals surface area contributed by atoms with Crippen LogP contribution in [-0.4, -0.2) is 24.4 Å². The van der Waals surface area contributed by atoms with E-state index in [-0.39, 0.29) is 5.65 Å². The Balaban J connectivity index is 1.86. The molecule has 0 unspecified atom stereocenters. The van der Waals surface area contributed by atoms with Crippen LogP contribution >= 0.6 is 11.6 Å². The van der Waals surface area contributed by atoms with Crippen molar-refractivity contribution in [3.63, 3.8) is 0 Å². The van der Waals surface area contributed by atoms with Crippen LogP contribution in [0, 0.1) is 0 Å². The standard InChI is InChI=1S/C22H21ClN6O2/c1-14(16-7-5-4-6-8-16)25-26-21-24-19-18(20(30)28(3)22(31)27(19)2)29(21)13-15-9-11-17(23)12-10-15/h4-12H,13H2,1-3H3,(H,24,26)/b25-14+. The molecule has 0 radical (unpaired) electrons. The highest BCUT2D eigenvalue weighted by atomic mass is 35.5. The molecular weight excluding hydrogens is 416 g/mol. The Morgan fingerprint density at radius 1 is 1.03 bits per heavy atom. The van der Waals surface area contributed by atoms with Gasteiger partial charge >= 0.3 is 5.69 Å². The highest BCUT2D eigenvalue weighted by Crippen LogP contribution is 2.19. The number of anilines is 1. The molecule has 0 aliphatic rings. The van der Waals surface area contributed by atoms with Gasteiger partial charge in [-0.25, -0.2) is 10.2 Å². The second-order valence-corrected chi connectivity index (χ2v) is 7.64. The number of aromatic nitrogens is 4. The van der Waals surface area contributed by atoms with Crippen LogP contribution in [0.2, 0.25) is 5.02 Å². The van der Waals surface area contributed by atoms with Gasteiger partial charge in [-0.05, 0) is 30.2 Å². The van der Waals surface area contributed by atoms with Gasteiger partial charge in [-0.3, -0.25) is 18.5 Å². The molecule has 4 rings (SSSR count). The van der Waals surface area contributed by atoms with E-state index in [1.165, 1.54) is 11.6 Å². The van der Waals surface area contributed by atoms with E-state index < -0.39 is 11.2 Å². The molecule has 0 spiro atoms. The van der Waals surface area contributed by atoms with Gasteiger partial charge in [0.05, 0.1) is 12.3 Å². The van der Waals surface area contributed by atoms with E-state index in [1.807, 2.05) is 49.4 Å². The molecule has 158 valence electrons. The fourth-order valence-electron chi connectivity index (χ4n) is 3.34. The SMILES string of the molecule is C/C(=N\Nc1nc2c(c(=O)n(C)c(=O)n2C)n1Cc1ccc(Cl)cc1)c1ccccc1. The summed E-state index contributed by atoms with van der Waals surface area (Å²) in [5.74, 6) is 0.360. The van der Waals surface area contributed by atoms with E-state index in [1.54, 1.807) is 23.7 Å². The van der Waals surface area contributed by atoms with E-state index in [2.05, 4.69) is 15.5 Å². The third kappa shape index (κ3) is 3.89. The third-order valence-electron chi connectivity index (χ3n) is 5.12. The molecule has 8 nitrogen and oxygen atoms in total. The van der Waals surface area contributed by atoms with Crippen molar-refractivity contribution >= 4 is 34.4 Å².